The van der Waals surface area contributed by atoms with Gasteiger partial charge in [-0.1, -0.05) is 24.3 Å². The third-order valence-electron chi connectivity index (χ3n) is 5.98. The van der Waals surface area contributed by atoms with Gasteiger partial charge in [0.25, 0.3) is 11.8 Å². The van der Waals surface area contributed by atoms with Crippen molar-refractivity contribution >= 4 is 21.8 Å². The van der Waals surface area contributed by atoms with Gasteiger partial charge in [-0.25, -0.2) is 8.42 Å². The summed E-state index contributed by atoms with van der Waals surface area (Å²) in [7, 11) is -3.70. The van der Waals surface area contributed by atoms with Crippen LogP contribution in [0.5, 0.6) is 5.75 Å². The summed E-state index contributed by atoms with van der Waals surface area (Å²) in [5.74, 6) is -1.06. The van der Waals surface area contributed by atoms with Crippen molar-refractivity contribution in [1.82, 2.24) is 9.62 Å². The molecule has 4 rings (SSSR count). The maximum atomic E-state index is 12.8. The molecule has 32 heavy (non-hydrogen) atoms. The monoisotopic (exact) mass is 457 g/mol. The number of hydrogen-bond acceptors (Lipinski definition) is 5. The molecule has 2 aromatic carbocycles. The number of rotatable bonds is 7. The fraction of sp³-hybridized carbons (Fsp3) is 0.391. The molecule has 0 saturated carbocycles. The quantitative estimate of drug-likeness (QED) is 0.660. The van der Waals surface area contributed by atoms with Crippen LogP contribution < -0.4 is 15.8 Å². The molecule has 2 aliphatic rings. The smallest absolute Gasteiger partial charge is 0.258 e. The minimum absolute atomic E-state index is 0.0104. The van der Waals surface area contributed by atoms with E-state index in [2.05, 4.69) is 11.4 Å². The number of carbonyl (C=O) groups excluding carboxylic acids is 2. The summed E-state index contributed by atoms with van der Waals surface area (Å²) in [6, 6.07) is 11.9. The molecule has 1 atom stereocenters. The minimum atomic E-state index is -3.70. The molecular weight excluding hydrogens is 430 g/mol. The summed E-state index contributed by atoms with van der Waals surface area (Å²) in [5, 5.41) is 2.98. The van der Waals surface area contributed by atoms with E-state index in [0.717, 1.165) is 37.7 Å². The number of fused-ring (bicyclic) bond motifs is 1. The highest BCUT2D eigenvalue weighted by atomic mass is 32.2. The first-order valence-electron chi connectivity index (χ1n) is 10.8. The van der Waals surface area contributed by atoms with Gasteiger partial charge >= 0.3 is 0 Å². The van der Waals surface area contributed by atoms with Gasteiger partial charge in [0, 0.05) is 13.1 Å². The molecule has 1 heterocycles. The first-order valence-corrected chi connectivity index (χ1v) is 12.2. The SMILES string of the molecule is NC(=O)c1cc(S(=O)(=O)N2CCCC2)ccc1OCC(=O)N[C@H]1CCCc2ccccc21. The van der Waals surface area contributed by atoms with Gasteiger partial charge in [0.05, 0.1) is 16.5 Å². The summed E-state index contributed by atoms with van der Waals surface area (Å²) in [4.78, 5) is 24.5. The molecular formula is C23H27N3O5S. The van der Waals surface area contributed by atoms with E-state index >= 15 is 0 Å². The number of ether oxygens (including phenoxy) is 1. The van der Waals surface area contributed by atoms with Gasteiger partial charge in [-0.15, -0.1) is 0 Å². The van der Waals surface area contributed by atoms with Crippen LogP contribution in [0.25, 0.3) is 0 Å². The Balaban J connectivity index is 1.45. The van der Waals surface area contributed by atoms with Crippen LogP contribution in [0.1, 0.15) is 53.2 Å². The zero-order valence-corrected chi connectivity index (χ0v) is 18.6. The molecule has 0 unspecified atom stereocenters. The zero-order valence-electron chi connectivity index (χ0n) is 17.7. The van der Waals surface area contributed by atoms with Crippen LogP contribution in [0.3, 0.4) is 0 Å². The molecule has 0 radical (unpaired) electrons. The Morgan fingerprint density at radius 1 is 1.09 bits per heavy atom. The number of aryl methyl sites for hydroxylation is 1. The number of primary amides is 1. The third kappa shape index (κ3) is 4.63. The Kier molecular flexibility index (Phi) is 6.48. The number of nitrogens with two attached hydrogens (primary N) is 1. The molecule has 1 aliphatic carbocycles. The Hall–Kier alpha value is -2.91. The average molecular weight is 458 g/mol. The predicted octanol–water partition coefficient (Wildman–Crippen LogP) is 2.14. The fourth-order valence-electron chi connectivity index (χ4n) is 4.35. The largest absolute Gasteiger partial charge is 0.483 e. The third-order valence-corrected chi connectivity index (χ3v) is 7.88. The zero-order chi connectivity index (χ0) is 22.7. The van der Waals surface area contributed by atoms with Crippen molar-refractivity contribution in [3.8, 4) is 5.75 Å². The predicted molar refractivity (Wildman–Crippen MR) is 119 cm³/mol. The van der Waals surface area contributed by atoms with Gasteiger partial charge < -0.3 is 15.8 Å². The molecule has 0 spiro atoms. The Bertz CT molecular complexity index is 1130. The van der Waals surface area contributed by atoms with E-state index in [-0.39, 0.29) is 34.8 Å². The highest BCUT2D eigenvalue weighted by Crippen LogP contribution is 2.30. The fourth-order valence-corrected chi connectivity index (χ4v) is 5.89. The first kappa shape index (κ1) is 22.3. The second-order valence-electron chi connectivity index (χ2n) is 8.13. The highest BCUT2D eigenvalue weighted by molar-refractivity contribution is 7.89. The van der Waals surface area contributed by atoms with Crippen molar-refractivity contribution in [1.29, 1.82) is 0 Å². The number of nitrogens with zero attached hydrogens (tertiary/aromatic N) is 1. The lowest BCUT2D eigenvalue weighted by molar-refractivity contribution is -0.124. The van der Waals surface area contributed by atoms with Gasteiger partial charge in [-0.3, -0.25) is 9.59 Å². The molecule has 3 N–H and O–H groups in total. The number of sulfonamides is 1. The molecule has 170 valence electrons. The Morgan fingerprint density at radius 3 is 2.59 bits per heavy atom. The van der Waals surface area contributed by atoms with Gasteiger partial charge in [0.2, 0.25) is 10.0 Å². The van der Waals surface area contributed by atoms with E-state index in [4.69, 9.17) is 10.5 Å². The molecule has 0 bridgehead atoms. The summed E-state index contributed by atoms with van der Waals surface area (Å²) in [6.07, 6.45) is 4.45. The lowest BCUT2D eigenvalue weighted by Gasteiger charge is -2.26. The highest BCUT2D eigenvalue weighted by Gasteiger charge is 2.28. The number of nitrogens with one attached hydrogen (secondary N) is 1. The van der Waals surface area contributed by atoms with Crippen molar-refractivity contribution in [2.24, 2.45) is 5.73 Å². The van der Waals surface area contributed by atoms with E-state index in [1.54, 1.807) is 0 Å². The van der Waals surface area contributed by atoms with E-state index in [1.807, 2.05) is 18.2 Å². The van der Waals surface area contributed by atoms with Crippen molar-refractivity contribution in [2.45, 2.75) is 43.0 Å². The standard InChI is InChI=1S/C23H27N3O5S/c24-23(28)19-14-17(32(29,30)26-12-3-4-13-26)10-11-21(19)31-15-22(27)25-20-9-5-7-16-6-1-2-8-18(16)20/h1-2,6,8,10-11,14,20H,3-5,7,9,12-13,15H2,(H2,24,28)(H,25,27)/t20-/m0/s1. The van der Waals surface area contributed by atoms with Crippen LogP contribution in [-0.4, -0.2) is 44.2 Å². The lowest BCUT2D eigenvalue weighted by atomic mass is 9.88. The van der Waals surface area contributed by atoms with E-state index in [9.17, 15) is 18.0 Å². The molecule has 1 fully saturated rings. The van der Waals surface area contributed by atoms with E-state index < -0.39 is 15.9 Å². The summed E-state index contributed by atoms with van der Waals surface area (Å²) in [5.41, 5.74) is 7.74. The van der Waals surface area contributed by atoms with Crippen LogP contribution in [-0.2, 0) is 21.2 Å². The van der Waals surface area contributed by atoms with Crippen LogP contribution in [0.4, 0.5) is 0 Å². The van der Waals surface area contributed by atoms with E-state index in [1.165, 1.54) is 28.1 Å². The van der Waals surface area contributed by atoms with Crippen LogP contribution in [0, 0.1) is 0 Å². The Labute approximate surface area is 187 Å². The van der Waals surface area contributed by atoms with Gasteiger partial charge in [-0.05, 0) is 61.4 Å². The summed E-state index contributed by atoms with van der Waals surface area (Å²) >= 11 is 0. The molecule has 1 aliphatic heterocycles. The maximum absolute atomic E-state index is 12.8. The van der Waals surface area contributed by atoms with Crippen LogP contribution in [0.15, 0.2) is 47.4 Å². The number of carbonyl (C=O) groups is 2. The van der Waals surface area contributed by atoms with Crippen LogP contribution >= 0.6 is 0 Å². The van der Waals surface area contributed by atoms with Gasteiger partial charge in [0.15, 0.2) is 6.61 Å². The number of hydrogen-bond donors (Lipinski definition) is 2. The Morgan fingerprint density at radius 2 is 1.84 bits per heavy atom. The molecule has 8 nitrogen and oxygen atoms in total. The van der Waals surface area contributed by atoms with E-state index in [0.29, 0.717) is 13.1 Å². The van der Waals surface area contributed by atoms with Gasteiger partial charge in [-0.2, -0.15) is 4.31 Å². The second-order valence-corrected chi connectivity index (χ2v) is 10.1. The molecule has 2 amide bonds. The minimum Gasteiger partial charge on any atom is -0.483 e. The summed E-state index contributed by atoms with van der Waals surface area (Å²) < 4.78 is 32.5. The normalized spacial score (nSPS) is 18.7. The molecule has 1 saturated heterocycles. The lowest BCUT2D eigenvalue weighted by Crippen LogP contribution is -2.34. The van der Waals surface area contributed by atoms with Crippen molar-refractivity contribution in [2.75, 3.05) is 19.7 Å². The van der Waals surface area contributed by atoms with Crippen molar-refractivity contribution in [3.05, 3.63) is 59.2 Å². The maximum Gasteiger partial charge on any atom is 0.258 e. The number of benzene rings is 2. The van der Waals surface area contributed by atoms with Crippen molar-refractivity contribution < 1.29 is 22.7 Å². The molecule has 2 aromatic rings. The average Bonchev–Trinajstić information content (AvgIpc) is 3.34. The van der Waals surface area contributed by atoms with Gasteiger partial charge in [0.1, 0.15) is 5.75 Å². The topological polar surface area (TPSA) is 119 Å². The molecule has 9 heteroatoms. The number of amides is 2. The molecule has 0 aromatic heterocycles. The van der Waals surface area contributed by atoms with Crippen LogP contribution in [0.2, 0.25) is 0 Å². The second kappa shape index (κ2) is 9.30. The van der Waals surface area contributed by atoms with Crippen molar-refractivity contribution in [3.63, 3.8) is 0 Å². The summed E-state index contributed by atoms with van der Waals surface area (Å²) in [6.45, 7) is 0.602. The first-order chi connectivity index (χ1) is 15.4.